The number of carboxylic acid groups (broad SMARTS) is 1. The molecule has 7 heteroatoms. The molecule has 2 aromatic rings. The van der Waals surface area contributed by atoms with Gasteiger partial charge in [0.05, 0.1) is 0 Å². The molecular weight excluding hydrogens is 432 g/mol. The van der Waals surface area contributed by atoms with Gasteiger partial charge < -0.3 is 20.5 Å². The summed E-state index contributed by atoms with van der Waals surface area (Å²) in [5.41, 5.74) is 4.68. The van der Waals surface area contributed by atoms with Crippen LogP contribution in [0.1, 0.15) is 55.6 Å². The summed E-state index contributed by atoms with van der Waals surface area (Å²) in [7, 11) is 0. The minimum absolute atomic E-state index is 0.000302. The summed E-state index contributed by atoms with van der Waals surface area (Å²) in [5, 5.41) is 15.0. The van der Waals surface area contributed by atoms with E-state index in [0.29, 0.717) is 31.6 Å². The Morgan fingerprint density at radius 2 is 1.59 bits per heavy atom. The first-order valence-corrected chi connectivity index (χ1v) is 12.1. The maximum atomic E-state index is 12.6. The minimum Gasteiger partial charge on any atom is -0.480 e. The van der Waals surface area contributed by atoms with Gasteiger partial charge >= 0.3 is 12.1 Å². The Bertz CT molecular complexity index is 1050. The lowest BCUT2D eigenvalue weighted by atomic mass is 9.98. The molecule has 0 aromatic heterocycles. The molecule has 3 aliphatic rings. The Morgan fingerprint density at radius 3 is 2.21 bits per heavy atom. The van der Waals surface area contributed by atoms with Crippen LogP contribution < -0.4 is 10.6 Å². The number of benzene rings is 2. The predicted molar refractivity (Wildman–Crippen MR) is 126 cm³/mol. The van der Waals surface area contributed by atoms with Crippen LogP contribution in [0.15, 0.2) is 48.5 Å². The third-order valence-corrected chi connectivity index (χ3v) is 7.35. The molecule has 3 atom stereocenters. The van der Waals surface area contributed by atoms with Gasteiger partial charge in [-0.1, -0.05) is 61.4 Å². The van der Waals surface area contributed by atoms with E-state index in [1.54, 1.807) is 0 Å². The molecule has 2 amide bonds. The highest BCUT2D eigenvalue weighted by atomic mass is 16.5. The number of nitrogens with one attached hydrogen (secondary N) is 2. The Kier molecular flexibility index (Phi) is 6.26. The van der Waals surface area contributed by atoms with Gasteiger partial charge in [0.15, 0.2) is 0 Å². The SMILES string of the molecule is O=C(N[C@@H]1CC[C@H](C(=O)N[C@@H](CC2CC2)C(=O)O)C1)OCC1c2ccccc2-c2ccccc21. The molecular formula is C27H30N2O5. The number of rotatable bonds is 8. The first kappa shape index (κ1) is 22.4. The van der Waals surface area contributed by atoms with Crippen LogP contribution in [0.3, 0.4) is 0 Å². The highest BCUT2D eigenvalue weighted by molar-refractivity contribution is 5.85. The van der Waals surface area contributed by atoms with Crippen molar-refractivity contribution >= 4 is 18.0 Å². The van der Waals surface area contributed by atoms with Crippen LogP contribution >= 0.6 is 0 Å². The van der Waals surface area contributed by atoms with E-state index < -0.39 is 18.1 Å². The van der Waals surface area contributed by atoms with E-state index in [1.807, 2.05) is 24.3 Å². The second-order valence-corrected chi connectivity index (χ2v) is 9.76. The predicted octanol–water partition coefficient (Wildman–Crippen LogP) is 4.06. The Morgan fingerprint density at radius 1 is 0.941 bits per heavy atom. The van der Waals surface area contributed by atoms with Crippen molar-refractivity contribution in [3.05, 3.63) is 59.7 Å². The zero-order valence-corrected chi connectivity index (χ0v) is 19.0. The van der Waals surface area contributed by atoms with Crippen molar-refractivity contribution in [2.45, 2.75) is 56.5 Å². The van der Waals surface area contributed by atoms with Crippen molar-refractivity contribution in [2.24, 2.45) is 11.8 Å². The van der Waals surface area contributed by atoms with E-state index in [9.17, 15) is 19.5 Å². The summed E-state index contributed by atoms with van der Waals surface area (Å²) in [4.78, 5) is 36.6. The van der Waals surface area contributed by atoms with Crippen LogP contribution in [0.5, 0.6) is 0 Å². The number of fused-ring (bicyclic) bond motifs is 3. The van der Waals surface area contributed by atoms with Gasteiger partial charge in [-0.05, 0) is 53.9 Å². The molecule has 7 nitrogen and oxygen atoms in total. The monoisotopic (exact) mass is 462 g/mol. The standard InChI is InChI=1S/C27H30N2O5/c30-25(29-24(26(31)32)13-16-9-10-16)17-11-12-18(14-17)28-27(33)34-15-23-21-7-3-1-5-19(21)20-6-2-4-8-22(20)23/h1-8,16-18,23-24H,9-15H2,(H,28,33)(H,29,30)(H,31,32)/t17-,18+,24-/m0/s1. The van der Waals surface area contributed by atoms with Crippen molar-refractivity contribution in [3.63, 3.8) is 0 Å². The Hall–Kier alpha value is -3.35. The molecule has 34 heavy (non-hydrogen) atoms. The number of amides is 2. The van der Waals surface area contributed by atoms with Crippen LogP contribution in [-0.2, 0) is 14.3 Å². The largest absolute Gasteiger partial charge is 0.480 e. The quantitative estimate of drug-likeness (QED) is 0.549. The van der Waals surface area contributed by atoms with Crippen LogP contribution in [0.2, 0.25) is 0 Å². The average molecular weight is 463 g/mol. The van der Waals surface area contributed by atoms with Crippen molar-refractivity contribution in [3.8, 4) is 11.1 Å². The van der Waals surface area contributed by atoms with Crippen LogP contribution in [0.25, 0.3) is 11.1 Å². The van der Waals surface area contributed by atoms with Crippen molar-refractivity contribution in [2.75, 3.05) is 6.61 Å². The second kappa shape index (κ2) is 9.49. The molecule has 5 rings (SSSR count). The molecule has 0 saturated heterocycles. The lowest BCUT2D eigenvalue weighted by Crippen LogP contribution is -2.44. The van der Waals surface area contributed by atoms with E-state index in [2.05, 4.69) is 34.9 Å². The van der Waals surface area contributed by atoms with Gasteiger partial charge in [0.2, 0.25) is 5.91 Å². The van der Waals surface area contributed by atoms with E-state index in [-0.39, 0.29) is 30.4 Å². The van der Waals surface area contributed by atoms with Gasteiger partial charge in [0, 0.05) is 17.9 Å². The molecule has 0 heterocycles. The number of alkyl carbamates (subject to hydrolysis) is 1. The Balaban J connectivity index is 1.12. The lowest BCUT2D eigenvalue weighted by molar-refractivity contribution is -0.142. The topological polar surface area (TPSA) is 105 Å². The summed E-state index contributed by atoms with van der Waals surface area (Å²) >= 11 is 0. The molecule has 0 radical (unpaired) electrons. The second-order valence-electron chi connectivity index (χ2n) is 9.76. The zero-order chi connectivity index (χ0) is 23.7. The minimum atomic E-state index is -0.980. The fraction of sp³-hybridized carbons (Fsp3) is 0.444. The molecule has 0 spiro atoms. The van der Waals surface area contributed by atoms with E-state index in [4.69, 9.17) is 4.74 Å². The number of hydrogen-bond donors (Lipinski definition) is 3. The summed E-state index contributed by atoms with van der Waals surface area (Å²) in [5.74, 6) is -1.09. The van der Waals surface area contributed by atoms with Gasteiger partial charge in [-0.2, -0.15) is 0 Å². The summed E-state index contributed by atoms with van der Waals surface area (Å²) in [6.45, 7) is 0.248. The third kappa shape index (κ3) is 4.79. The maximum Gasteiger partial charge on any atom is 0.407 e. The lowest BCUT2D eigenvalue weighted by Gasteiger charge is -2.18. The number of carbonyl (C=O) groups is 3. The first-order chi connectivity index (χ1) is 16.5. The molecule has 3 aliphatic carbocycles. The number of aliphatic carboxylic acids is 1. The summed E-state index contributed by atoms with van der Waals surface area (Å²) < 4.78 is 5.62. The molecule has 0 unspecified atom stereocenters. The van der Waals surface area contributed by atoms with Gasteiger partial charge in [-0.3, -0.25) is 4.79 Å². The first-order valence-electron chi connectivity index (χ1n) is 12.1. The van der Waals surface area contributed by atoms with Gasteiger partial charge in [-0.25, -0.2) is 9.59 Å². The van der Waals surface area contributed by atoms with Crippen LogP contribution in [-0.4, -0.2) is 41.8 Å². The maximum absolute atomic E-state index is 12.6. The summed E-state index contributed by atoms with van der Waals surface area (Å²) in [6.07, 6.45) is 3.87. The van der Waals surface area contributed by atoms with Crippen molar-refractivity contribution < 1.29 is 24.2 Å². The van der Waals surface area contributed by atoms with E-state index >= 15 is 0 Å². The molecule has 0 aliphatic heterocycles. The average Bonchev–Trinajstić information content (AvgIpc) is 3.43. The number of carboxylic acids is 1. The fourth-order valence-corrected chi connectivity index (χ4v) is 5.36. The number of ether oxygens (including phenoxy) is 1. The molecule has 178 valence electrons. The molecule has 2 saturated carbocycles. The fourth-order valence-electron chi connectivity index (χ4n) is 5.36. The number of carbonyl (C=O) groups excluding carboxylic acids is 2. The normalized spacial score (nSPS) is 21.9. The Labute approximate surface area is 198 Å². The van der Waals surface area contributed by atoms with Crippen LogP contribution in [0, 0.1) is 11.8 Å². The van der Waals surface area contributed by atoms with Crippen LogP contribution in [0.4, 0.5) is 4.79 Å². The third-order valence-electron chi connectivity index (χ3n) is 7.35. The van der Waals surface area contributed by atoms with Crippen molar-refractivity contribution in [1.29, 1.82) is 0 Å². The number of hydrogen-bond acceptors (Lipinski definition) is 4. The van der Waals surface area contributed by atoms with Crippen molar-refractivity contribution in [1.82, 2.24) is 10.6 Å². The summed E-state index contributed by atoms with van der Waals surface area (Å²) in [6, 6.07) is 15.4. The highest BCUT2D eigenvalue weighted by Crippen LogP contribution is 2.44. The molecule has 3 N–H and O–H groups in total. The molecule has 2 aromatic carbocycles. The van der Waals surface area contributed by atoms with E-state index in [0.717, 1.165) is 24.0 Å². The van der Waals surface area contributed by atoms with Gasteiger partial charge in [0.25, 0.3) is 0 Å². The highest BCUT2D eigenvalue weighted by Gasteiger charge is 2.35. The van der Waals surface area contributed by atoms with Gasteiger partial charge in [-0.15, -0.1) is 0 Å². The molecule has 2 fully saturated rings. The molecule has 0 bridgehead atoms. The zero-order valence-electron chi connectivity index (χ0n) is 19.0. The van der Waals surface area contributed by atoms with Gasteiger partial charge in [0.1, 0.15) is 12.6 Å². The smallest absolute Gasteiger partial charge is 0.407 e. The van der Waals surface area contributed by atoms with E-state index in [1.165, 1.54) is 11.1 Å².